The van der Waals surface area contributed by atoms with Gasteiger partial charge in [-0.15, -0.1) is 0 Å². The highest BCUT2D eigenvalue weighted by Crippen LogP contribution is 2.42. The topological polar surface area (TPSA) is 158 Å². The molecule has 0 amide bonds. The van der Waals surface area contributed by atoms with Crippen LogP contribution in [0.2, 0.25) is 0 Å². The van der Waals surface area contributed by atoms with E-state index in [9.17, 15) is 39.6 Å². The average Bonchev–Trinajstić information content (AvgIpc) is 3.13. The quantitative estimate of drug-likeness (QED) is 0.0747. The van der Waals surface area contributed by atoms with Crippen LogP contribution in [0.15, 0.2) is 157 Å². The molecule has 9 nitrogen and oxygen atoms in total. The number of rotatable bonds is 9. The summed E-state index contributed by atoms with van der Waals surface area (Å²) in [7, 11) is 0. The average molecular weight is 665 g/mol. The third kappa shape index (κ3) is 6.18. The molecule has 0 fully saturated rings. The van der Waals surface area contributed by atoms with Crippen molar-refractivity contribution in [3.05, 3.63) is 196 Å². The molecule has 0 heterocycles. The maximum absolute atomic E-state index is 14.4. The van der Waals surface area contributed by atoms with Crippen LogP contribution in [0, 0.1) is 0 Å². The van der Waals surface area contributed by atoms with Gasteiger partial charge in [0.05, 0.1) is 0 Å². The first-order valence-electron chi connectivity index (χ1n) is 15.3. The zero-order chi connectivity index (χ0) is 35.4. The number of carboxylic acids is 2. The van der Waals surface area contributed by atoms with Crippen molar-refractivity contribution in [2.45, 2.75) is 5.60 Å². The summed E-state index contributed by atoms with van der Waals surface area (Å²) in [6.07, 6.45) is 3.87. The lowest BCUT2D eigenvalue weighted by Gasteiger charge is -2.35. The third-order valence-electron chi connectivity index (χ3n) is 8.31. The Morgan fingerprint density at radius 3 is 1.38 bits per heavy atom. The van der Waals surface area contributed by atoms with Crippen molar-refractivity contribution in [3.63, 3.8) is 0 Å². The first kappa shape index (κ1) is 32.9. The fourth-order valence-corrected chi connectivity index (χ4v) is 5.96. The van der Waals surface area contributed by atoms with Crippen LogP contribution >= 0.6 is 0 Å². The summed E-state index contributed by atoms with van der Waals surface area (Å²) in [6.45, 7) is 0. The van der Waals surface area contributed by atoms with Crippen molar-refractivity contribution in [3.8, 4) is 11.5 Å². The highest BCUT2D eigenvalue weighted by atomic mass is 16.6. The van der Waals surface area contributed by atoms with E-state index in [0.29, 0.717) is 16.7 Å². The lowest BCUT2D eigenvalue weighted by molar-refractivity contribution is -0.149. The van der Waals surface area contributed by atoms with E-state index in [0.717, 1.165) is 6.08 Å². The van der Waals surface area contributed by atoms with Crippen LogP contribution < -0.4 is 0 Å². The van der Waals surface area contributed by atoms with Crippen molar-refractivity contribution >= 4 is 29.3 Å². The van der Waals surface area contributed by atoms with E-state index in [1.165, 1.54) is 48.6 Å². The van der Waals surface area contributed by atoms with E-state index in [4.69, 9.17) is 4.74 Å². The molecular formula is C41H28O9. The molecule has 1 aliphatic carbocycles. The Balaban J connectivity index is 1.57. The Hall–Kier alpha value is -7.00. The van der Waals surface area contributed by atoms with Gasteiger partial charge >= 0.3 is 17.9 Å². The van der Waals surface area contributed by atoms with E-state index in [1.54, 1.807) is 0 Å². The molecule has 50 heavy (non-hydrogen) atoms. The van der Waals surface area contributed by atoms with Crippen LogP contribution in [-0.2, 0) is 19.9 Å². The molecule has 0 radical (unpaired) electrons. The number of carbonyl (C=O) groups excluding carboxylic acids is 2. The zero-order valence-electron chi connectivity index (χ0n) is 26.2. The van der Waals surface area contributed by atoms with Gasteiger partial charge in [-0.25, -0.2) is 14.4 Å². The SMILES string of the molecule is O=C1C=CC(=C(c2ccc(O)c(C(=O)O)c2)c2ccc(O)c(C(=O)O)c2)C=C1C(=O)OC(c1ccccc1)(c1ccccc1)c1ccccc1. The van der Waals surface area contributed by atoms with Gasteiger partial charge in [0.15, 0.2) is 11.4 Å². The summed E-state index contributed by atoms with van der Waals surface area (Å²) < 4.78 is 6.47. The van der Waals surface area contributed by atoms with Gasteiger partial charge in [0.1, 0.15) is 28.2 Å². The van der Waals surface area contributed by atoms with E-state index >= 15 is 0 Å². The maximum atomic E-state index is 14.4. The highest BCUT2D eigenvalue weighted by molar-refractivity contribution is 6.23. The number of esters is 1. The normalized spacial score (nSPS) is 12.6. The van der Waals surface area contributed by atoms with Crippen molar-refractivity contribution in [2.24, 2.45) is 0 Å². The lowest BCUT2D eigenvalue weighted by atomic mass is 9.80. The third-order valence-corrected chi connectivity index (χ3v) is 8.31. The van der Waals surface area contributed by atoms with Crippen LogP contribution in [0.25, 0.3) is 5.57 Å². The fraction of sp³-hybridized carbons (Fsp3) is 0.0244. The smallest absolute Gasteiger partial charge is 0.343 e. The number of hydrogen-bond donors (Lipinski definition) is 4. The number of aromatic hydroxyl groups is 2. The summed E-state index contributed by atoms with van der Waals surface area (Å²) in [4.78, 5) is 51.7. The van der Waals surface area contributed by atoms with Gasteiger partial charge < -0.3 is 25.2 Å². The Kier molecular flexibility index (Phi) is 8.97. The Labute approximate surface area is 286 Å². The number of benzene rings is 5. The van der Waals surface area contributed by atoms with Crippen LogP contribution in [0.1, 0.15) is 48.5 Å². The van der Waals surface area contributed by atoms with Crippen molar-refractivity contribution in [1.29, 1.82) is 0 Å². The summed E-state index contributed by atoms with van der Waals surface area (Å²) in [5.74, 6) is -5.46. The molecule has 1 aliphatic rings. The van der Waals surface area contributed by atoms with Gasteiger partial charge in [-0.1, -0.05) is 109 Å². The predicted octanol–water partition coefficient (Wildman–Crippen LogP) is 6.90. The number of carboxylic acid groups (broad SMARTS) is 2. The number of ether oxygens (including phenoxy) is 1. The molecule has 0 bridgehead atoms. The molecule has 6 rings (SSSR count). The number of ketones is 1. The number of aromatic carboxylic acids is 2. The minimum absolute atomic E-state index is 0.212. The first-order chi connectivity index (χ1) is 24.1. The number of hydrogen-bond acceptors (Lipinski definition) is 7. The van der Waals surface area contributed by atoms with Gasteiger partial charge in [-0.3, -0.25) is 4.79 Å². The molecule has 0 spiro atoms. The Morgan fingerprint density at radius 2 is 0.980 bits per heavy atom. The minimum atomic E-state index is -1.49. The second kappa shape index (κ2) is 13.6. The summed E-state index contributed by atoms with van der Waals surface area (Å²) in [5, 5.41) is 39.9. The molecule has 5 aromatic carbocycles. The van der Waals surface area contributed by atoms with Crippen molar-refractivity contribution in [2.75, 3.05) is 0 Å². The molecule has 9 heteroatoms. The summed E-state index contributed by atoms with van der Waals surface area (Å²) >= 11 is 0. The van der Waals surface area contributed by atoms with Crippen LogP contribution in [0.5, 0.6) is 11.5 Å². The van der Waals surface area contributed by atoms with Crippen LogP contribution in [0.4, 0.5) is 0 Å². The minimum Gasteiger partial charge on any atom is -0.507 e. The van der Waals surface area contributed by atoms with Crippen LogP contribution in [0.3, 0.4) is 0 Å². The molecule has 0 aromatic heterocycles. The van der Waals surface area contributed by atoms with E-state index in [-0.39, 0.29) is 27.8 Å². The van der Waals surface area contributed by atoms with Gasteiger partial charge in [0, 0.05) is 16.7 Å². The summed E-state index contributed by atoms with van der Waals surface area (Å²) in [6, 6.07) is 34.9. The maximum Gasteiger partial charge on any atom is 0.343 e. The molecule has 0 saturated carbocycles. The largest absolute Gasteiger partial charge is 0.507 e. The second-order valence-corrected chi connectivity index (χ2v) is 11.3. The second-order valence-electron chi connectivity index (χ2n) is 11.3. The van der Waals surface area contributed by atoms with E-state index in [1.807, 2.05) is 91.0 Å². The number of carbonyl (C=O) groups is 4. The van der Waals surface area contributed by atoms with Gasteiger partial charge in [-0.2, -0.15) is 0 Å². The molecule has 0 saturated heterocycles. The van der Waals surface area contributed by atoms with Gasteiger partial charge in [0.25, 0.3) is 0 Å². The van der Waals surface area contributed by atoms with Gasteiger partial charge in [0.2, 0.25) is 0 Å². The fourth-order valence-electron chi connectivity index (χ4n) is 5.96. The predicted molar refractivity (Wildman–Crippen MR) is 184 cm³/mol. The lowest BCUT2D eigenvalue weighted by Crippen LogP contribution is -2.36. The van der Waals surface area contributed by atoms with Crippen molar-refractivity contribution in [1.82, 2.24) is 0 Å². The highest BCUT2D eigenvalue weighted by Gasteiger charge is 2.42. The zero-order valence-corrected chi connectivity index (χ0v) is 26.2. The number of phenols is 2. The van der Waals surface area contributed by atoms with E-state index in [2.05, 4.69) is 0 Å². The summed E-state index contributed by atoms with van der Waals surface area (Å²) in [5.41, 5.74) is 0.0329. The standard InChI is InChI=1S/C41H28O9/c42-34-19-16-25(22-31(34)38(45)46)37(26-17-20-35(43)32(23-26)39(47)48)27-18-21-36(44)33(24-27)40(49)50-41(28-10-4-1-5-11-28,29-12-6-2-7-13-29)30-14-8-3-9-15-30/h1-24,42-43H,(H,45,46)(H,47,48). The molecule has 0 atom stereocenters. The number of allylic oxidation sites excluding steroid dienone is 4. The van der Waals surface area contributed by atoms with E-state index < -0.39 is 51.9 Å². The monoisotopic (exact) mass is 664 g/mol. The molecule has 0 unspecified atom stereocenters. The molecule has 4 N–H and O–H groups in total. The first-order valence-corrected chi connectivity index (χ1v) is 15.3. The molecular weight excluding hydrogens is 636 g/mol. The Morgan fingerprint density at radius 1 is 0.560 bits per heavy atom. The van der Waals surface area contributed by atoms with Crippen molar-refractivity contribution < 1.29 is 44.3 Å². The van der Waals surface area contributed by atoms with Crippen LogP contribution in [-0.4, -0.2) is 44.1 Å². The molecule has 0 aliphatic heterocycles. The molecule has 5 aromatic rings. The molecule has 246 valence electrons. The van der Waals surface area contributed by atoms with Gasteiger partial charge in [-0.05, 0) is 58.7 Å². The Bertz CT molecular complexity index is 2070.